The van der Waals surface area contributed by atoms with Crippen molar-refractivity contribution >= 4 is 0 Å². The first kappa shape index (κ1) is 9.85. The fourth-order valence-electron chi connectivity index (χ4n) is 1.33. The Morgan fingerprint density at radius 3 is 2.85 bits per heavy atom. The van der Waals surface area contributed by atoms with Crippen molar-refractivity contribution in [3.8, 4) is 6.07 Å². The van der Waals surface area contributed by atoms with Crippen LogP contribution in [-0.2, 0) is 0 Å². The largest absolute Gasteiger partial charge is 0.299 e. The van der Waals surface area contributed by atoms with E-state index < -0.39 is 0 Å². The Labute approximate surface area is 77.6 Å². The number of nitrogens with zero attached hydrogens (tertiary/aromatic N) is 5. The standard InChI is InChI=1S/C8H13N5/c9-4-1-6-13(8-2-3-8)7-5-11-12-10/h8H,1-3,5-7H2. The Kier molecular flexibility index (Phi) is 4.10. The summed E-state index contributed by atoms with van der Waals surface area (Å²) in [5.74, 6) is 0. The van der Waals surface area contributed by atoms with E-state index >= 15 is 0 Å². The Morgan fingerprint density at radius 2 is 2.31 bits per heavy atom. The molecule has 0 spiro atoms. The van der Waals surface area contributed by atoms with Crippen LogP contribution in [0.2, 0.25) is 0 Å². The first-order chi connectivity index (χ1) is 6.38. The van der Waals surface area contributed by atoms with Gasteiger partial charge in [-0.05, 0) is 18.4 Å². The van der Waals surface area contributed by atoms with Gasteiger partial charge in [0.1, 0.15) is 0 Å². The van der Waals surface area contributed by atoms with E-state index in [1.165, 1.54) is 12.8 Å². The molecule has 0 amide bonds. The average molecular weight is 179 g/mol. The molecule has 0 heterocycles. The van der Waals surface area contributed by atoms with Crippen molar-refractivity contribution in [2.24, 2.45) is 5.11 Å². The maximum absolute atomic E-state index is 8.43. The van der Waals surface area contributed by atoms with Crippen LogP contribution in [-0.4, -0.2) is 30.6 Å². The minimum absolute atomic E-state index is 0.512. The van der Waals surface area contributed by atoms with E-state index in [-0.39, 0.29) is 0 Å². The fraction of sp³-hybridized carbons (Fsp3) is 0.875. The van der Waals surface area contributed by atoms with Gasteiger partial charge in [0.05, 0.1) is 6.07 Å². The molecule has 70 valence electrons. The van der Waals surface area contributed by atoms with Crippen LogP contribution in [0.25, 0.3) is 10.4 Å². The Morgan fingerprint density at radius 1 is 1.54 bits per heavy atom. The van der Waals surface area contributed by atoms with Gasteiger partial charge in [0.2, 0.25) is 0 Å². The summed E-state index contributed by atoms with van der Waals surface area (Å²) in [6.45, 7) is 2.11. The molecule has 0 radical (unpaired) electrons. The summed E-state index contributed by atoms with van der Waals surface area (Å²) in [6.07, 6.45) is 3.01. The van der Waals surface area contributed by atoms with Gasteiger partial charge >= 0.3 is 0 Å². The molecule has 5 heteroatoms. The van der Waals surface area contributed by atoms with Gasteiger partial charge in [-0.15, -0.1) is 0 Å². The van der Waals surface area contributed by atoms with E-state index in [0.29, 0.717) is 19.0 Å². The van der Waals surface area contributed by atoms with Crippen molar-refractivity contribution in [1.82, 2.24) is 4.90 Å². The van der Waals surface area contributed by atoms with Crippen LogP contribution in [0.1, 0.15) is 19.3 Å². The second-order valence-electron chi connectivity index (χ2n) is 3.13. The van der Waals surface area contributed by atoms with Crippen LogP contribution in [0.5, 0.6) is 0 Å². The van der Waals surface area contributed by atoms with E-state index in [1.807, 2.05) is 0 Å². The molecule has 0 bridgehead atoms. The van der Waals surface area contributed by atoms with Crippen molar-refractivity contribution in [2.45, 2.75) is 25.3 Å². The molecule has 0 aromatic heterocycles. The van der Waals surface area contributed by atoms with Gasteiger partial charge in [0.15, 0.2) is 0 Å². The first-order valence-electron chi connectivity index (χ1n) is 4.50. The highest BCUT2D eigenvalue weighted by Gasteiger charge is 2.27. The number of azide groups is 1. The highest BCUT2D eigenvalue weighted by molar-refractivity contribution is 4.86. The average Bonchev–Trinajstić information content (AvgIpc) is 2.94. The Balaban J connectivity index is 2.21. The molecule has 0 unspecified atom stereocenters. The summed E-state index contributed by atoms with van der Waals surface area (Å²) in [7, 11) is 0. The molecule has 0 aromatic carbocycles. The summed E-state index contributed by atoms with van der Waals surface area (Å²) < 4.78 is 0. The second-order valence-corrected chi connectivity index (χ2v) is 3.13. The van der Waals surface area contributed by atoms with Gasteiger partial charge in [0, 0.05) is 37.0 Å². The number of hydrogen-bond acceptors (Lipinski definition) is 3. The first-order valence-corrected chi connectivity index (χ1v) is 4.50. The number of rotatable bonds is 6. The van der Waals surface area contributed by atoms with Gasteiger partial charge < -0.3 is 0 Å². The molecule has 0 saturated heterocycles. The van der Waals surface area contributed by atoms with Gasteiger partial charge in [-0.2, -0.15) is 5.26 Å². The summed E-state index contributed by atoms with van der Waals surface area (Å²) >= 11 is 0. The van der Waals surface area contributed by atoms with E-state index in [1.54, 1.807) is 0 Å². The molecule has 0 N–H and O–H groups in total. The minimum atomic E-state index is 0.512. The van der Waals surface area contributed by atoms with Gasteiger partial charge in [-0.25, -0.2) is 0 Å². The van der Waals surface area contributed by atoms with Crippen molar-refractivity contribution in [2.75, 3.05) is 19.6 Å². The van der Waals surface area contributed by atoms with Crippen LogP contribution >= 0.6 is 0 Å². The smallest absolute Gasteiger partial charge is 0.0635 e. The third-order valence-electron chi connectivity index (χ3n) is 2.12. The number of hydrogen-bond donors (Lipinski definition) is 0. The molecule has 0 aliphatic heterocycles. The maximum Gasteiger partial charge on any atom is 0.0635 e. The molecule has 0 aromatic rings. The topological polar surface area (TPSA) is 75.8 Å². The third-order valence-corrected chi connectivity index (χ3v) is 2.12. The van der Waals surface area contributed by atoms with Crippen molar-refractivity contribution in [1.29, 1.82) is 5.26 Å². The maximum atomic E-state index is 8.43. The van der Waals surface area contributed by atoms with E-state index in [0.717, 1.165) is 13.1 Å². The molecule has 0 atom stereocenters. The van der Waals surface area contributed by atoms with Crippen LogP contribution in [0.4, 0.5) is 0 Å². The van der Waals surface area contributed by atoms with Crippen molar-refractivity contribution in [3.05, 3.63) is 10.4 Å². The molecule has 1 aliphatic rings. The monoisotopic (exact) mass is 179 g/mol. The summed E-state index contributed by atoms with van der Waals surface area (Å²) in [4.78, 5) is 4.94. The third kappa shape index (κ3) is 3.79. The lowest BCUT2D eigenvalue weighted by Crippen LogP contribution is -2.29. The molecule has 1 saturated carbocycles. The lowest BCUT2D eigenvalue weighted by atomic mass is 10.4. The summed E-state index contributed by atoms with van der Waals surface area (Å²) in [6, 6.07) is 2.77. The highest BCUT2D eigenvalue weighted by Crippen LogP contribution is 2.26. The van der Waals surface area contributed by atoms with Crippen LogP contribution in [0.15, 0.2) is 5.11 Å². The summed E-state index contributed by atoms with van der Waals surface area (Å²) in [5, 5.41) is 11.9. The molecular formula is C8H13N5. The molecular weight excluding hydrogens is 166 g/mol. The van der Waals surface area contributed by atoms with Crippen LogP contribution in [0.3, 0.4) is 0 Å². The SMILES string of the molecule is N#CCCN(CCN=[N+]=[N-])C1CC1. The Hall–Kier alpha value is -1.24. The van der Waals surface area contributed by atoms with E-state index in [9.17, 15) is 0 Å². The van der Waals surface area contributed by atoms with E-state index in [2.05, 4.69) is 21.0 Å². The molecule has 1 rings (SSSR count). The second kappa shape index (κ2) is 5.41. The predicted molar refractivity (Wildman–Crippen MR) is 48.8 cm³/mol. The fourth-order valence-corrected chi connectivity index (χ4v) is 1.33. The van der Waals surface area contributed by atoms with Gasteiger partial charge in [0.25, 0.3) is 0 Å². The minimum Gasteiger partial charge on any atom is -0.299 e. The normalized spacial score (nSPS) is 15.1. The lowest BCUT2D eigenvalue weighted by molar-refractivity contribution is 0.277. The molecule has 13 heavy (non-hydrogen) atoms. The zero-order valence-electron chi connectivity index (χ0n) is 7.56. The van der Waals surface area contributed by atoms with Gasteiger partial charge in [-0.3, -0.25) is 4.90 Å². The van der Waals surface area contributed by atoms with Crippen molar-refractivity contribution < 1.29 is 0 Å². The lowest BCUT2D eigenvalue weighted by Gasteiger charge is -2.18. The quantitative estimate of drug-likeness (QED) is 0.353. The van der Waals surface area contributed by atoms with Crippen molar-refractivity contribution in [3.63, 3.8) is 0 Å². The van der Waals surface area contributed by atoms with Crippen LogP contribution < -0.4 is 0 Å². The predicted octanol–water partition coefficient (Wildman–Crippen LogP) is 1.67. The zero-order valence-corrected chi connectivity index (χ0v) is 7.56. The number of nitriles is 1. The van der Waals surface area contributed by atoms with Crippen LogP contribution in [0, 0.1) is 11.3 Å². The highest BCUT2D eigenvalue weighted by atomic mass is 15.2. The van der Waals surface area contributed by atoms with E-state index in [4.69, 9.17) is 10.8 Å². The molecule has 1 fully saturated rings. The summed E-state index contributed by atoms with van der Waals surface area (Å²) in [5.41, 5.74) is 8.10. The van der Waals surface area contributed by atoms with Gasteiger partial charge in [-0.1, -0.05) is 5.11 Å². The zero-order chi connectivity index (χ0) is 9.52. The molecule has 1 aliphatic carbocycles. The Bertz CT molecular complexity index is 233. The molecule has 5 nitrogen and oxygen atoms in total.